The van der Waals surface area contributed by atoms with Crippen molar-refractivity contribution in [2.45, 2.75) is 31.5 Å². The van der Waals surface area contributed by atoms with Crippen LogP contribution < -0.4 is 15.4 Å². The number of piperidine rings is 1. The Morgan fingerprint density at radius 3 is 3.05 bits per heavy atom. The van der Waals surface area contributed by atoms with Crippen molar-refractivity contribution in [2.24, 2.45) is 0 Å². The van der Waals surface area contributed by atoms with Gasteiger partial charge in [-0.25, -0.2) is 9.37 Å². The van der Waals surface area contributed by atoms with Gasteiger partial charge in [0.25, 0.3) is 5.91 Å². The molecule has 1 amide bonds. The molecule has 2 atom stereocenters. The van der Waals surface area contributed by atoms with Gasteiger partial charge in [-0.05, 0) is 26.0 Å². The van der Waals surface area contributed by atoms with Crippen molar-refractivity contribution in [3.8, 4) is 5.88 Å². The first-order chi connectivity index (χ1) is 10.4. The molecule has 8 heteroatoms. The summed E-state index contributed by atoms with van der Waals surface area (Å²) in [4.78, 5) is 15.4. The first kappa shape index (κ1) is 16.5. The maximum atomic E-state index is 13.8. The predicted octanol–water partition coefficient (Wildman–Crippen LogP) is 1.22. The minimum absolute atomic E-state index is 0.0418. The Kier molecular flexibility index (Phi) is 5.23. The predicted molar refractivity (Wildman–Crippen MR) is 73.7 cm³/mol. The number of aromatic nitrogens is 1. The van der Waals surface area contributed by atoms with Crippen LogP contribution in [0, 0.1) is 6.92 Å². The van der Waals surface area contributed by atoms with Crippen molar-refractivity contribution in [1.29, 1.82) is 0 Å². The minimum Gasteiger partial charge on any atom is -0.470 e. The second kappa shape index (κ2) is 6.95. The lowest BCUT2D eigenvalue weighted by atomic mass is 10.0. The highest BCUT2D eigenvalue weighted by Crippen LogP contribution is 2.19. The van der Waals surface area contributed by atoms with Gasteiger partial charge < -0.3 is 15.4 Å². The number of alkyl halides is 3. The smallest absolute Gasteiger partial charge is 0.357 e. The third-order valence-corrected chi connectivity index (χ3v) is 3.41. The summed E-state index contributed by atoms with van der Waals surface area (Å²) in [6, 6.07) is 2.39. The summed E-state index contributed by atoms with van der Waals surface area (Å²) in [5.74, 6) is -5.25. The molecule has 0 radical (unpaired) electrons. The molecule has 0 saturated carbocycles. The molecule has 1 aliphatic rings. The van der Waals surface area contributed by atoms with Crippen molar-refractivity contribution in [3.63, 3.8) is 0 Å². The largest absolute Gasteiger partial charge is 0.470 e. The van der Waals surface area contributed by atoms with E-state index in [4.69, 9.17) is 4.74 Å². The van der Waals surface area contributed by atoms with E-state index in [1.165, 1.54) is 6.20 Å². The summed E-state index contributed by atoms with van der Waals surface area (Å²) in [5, 5.41) is 4.84. The Labute approximate surface area is 126 Å². The number of pyridine rings is 1. The first-order valence-electron chi connectivity index (χ1n) is 6.98. The Bertz CT molecular complexity index is 528. The number of nitrogens with zero attached hydrogens (tertiary/aromatic N) is 1. The molecule has 1 aromatic heterocycles. The number of rotatable bonds is 5. The van der Waals surface area contributed by atoms with Gasteiger partial charge in [0.2, 0.25) is 5.88 Å². The highest BCUT2D eigenvalue weighted by Gasteiger charge is 2.42. The topological polar surface area (TPSA) is 63.2 Å². The number of carbonyl (C=O) groups excluding carboxylic acids is 1. The summed E-state index contributed by atoms with van der Waals surface area (Å²) < 4.78 is 46.1. The fourth-order valence-corrected chi connectivity index (χ4v) is 2.10. The molecule has 2 heterocycles. The van der Waals surface area contributed by atoms with E-state index in [-0.39, 0.29) is 18.8 Å². The number of halogens is 3. The van der Waals surface area contributed by atoms with E-state index in [1.807, 2.05) is 0 Å². The molecule has 0 aromatic carbocycles. The second-order valence-electron chi connectivity index (χ2n) is 5.21. The third-order valence-electron chi connectivity index (χ3n) is 3.41. The van der Waals surface area contributed by atoms with Gasteiger partial charge in [0, 0.05) is 18.3 Å². The zero-order valence-corrected chi connectivity index (χ0v) is 12.1. The van der Waals surface area contributed by atoms with Gasteiger partial charge in [-0.15, -0.1) is 0 Å². The van der Waals surface area contributed by atoms with E-state index in [0.717, 1.165) is 0 Å². The highest BCUT2D eigenvalue weighted by atomic mass is 19.3. The number of hydrogen-bond donors (Lipinski definition) is 2. The average molecular weight is 317 g/mol. The van der Waals surface area contributed by atoms with E-state index in [2.05, 4.69) is 15.6 Å². The average Bonchev–Trinajstić information content (AvgIpc) is 2.49. The minimum atomic E-state index is -3.76. The molecule has 2 N–H and O–H groups in total. The molecule has 1 saturated heterocycles. The van der Waals surface area contributed by atoms with Gasteiger partial charge in [0.05, 0.1) is 6.04 Å². The molecule has 1 aromatic rings. The summed E-state index contributed by atoms with van der Waals surface area (Å²) in [7, 11) is 0. The van der Waals surface area contributed by atoms with E-state index < -0.39 is 30.7 Å². The summed E-state index contributed by atoms with van der Waals surface area (Å²) >= 11 is 0. The van der Waals surface area contributed by atoms with Crippen LogP contribution in [-0.4, -0.2) is 48.7 Å². The fraction of sp³-hybridized carbons (Fsp3) is 0.571. The van der Waals surface area contributed by atoms with Crippen LogP contribution in [0.15, 0.2) is 18.3 Å². The van der Waals surface area contributed by atoms with Crippen LogP contribution in [-0.2, 0) is 4.79 Å². The number of amides is 1. The number of hydrogen-bond acceptors (Lipinski definition) is 4. The number of ether oxygens (including phenoxy) is 1. The Morgan fingerprint density at radius 2 is 2.36 bits per heavy atom. The quantitative estimate of drug-likeness (QED) is 0.857. The van der Waals surface area contributed by atoms with Crippen LogP contribution in [0.4, 0.5) is 13.2 Å². The first-order valence-corrected chi connectivity index (χ1v) is 6.98. The maximum Gasteiger partial charge on any atom is 0.357 e. The molecule has 1 fully saturated rings. The van der Waals surface area contributed by atoms with Gasteiger partial charge in [0.1, 0.15) is 6.17 Å². The standard InChI is InChI=1S/C14H18F3N3O2/c1-9-3-2-5-19-12(9)22-8-14(16,17)13(21)20-11-4-6-18-7-10(11)15/h2-3,5,10-11,18H,4,6-8H2,1H3,(H,20,21)/t10-,11-/m0/s1. The summed E-state index contributed by atoms with van der Waals surface area (Å²) in [5.41, 5.74) is 0.584. The van der Waals surface area contributed by atoms with Gasteiger partial charge in [-0.1, -0.05) is 6.07 Å². The van der Waals surface area contributed by atoms with Crippen molar-refractivity contribution in [1.82, 2.24) is 15.6 Å². The van der Waals surface area contributed by atoms with Crippen molar-refractivity contribution >= 4 is 5.91 Å². The normalized spacial score (nSPS) is 22.2. The Hall–Kier alpha value is -1.83. The van der Waals surface area contributed by atoms with Crippen LogP contribution in [0.2, 0.25) is 0 Å². The van der Waals surface area contributed by atoms with Crippen LogP contribution in [0.25, 0.3) is 0 Å². The maximum absolute atomic E-state index is 13.8. The lowest BCUT2D eigenvalue weighted by Gasteiger charge is -2.28. The zero-order valence-electron chi connectivity index (χ0n) is 12.1. The monoisotopic (exact) mass is 317 g/mol. The second-order valence-corrected chi connectivity index (χ2v) is 5.21. The SMILES string of the molecule is Cc1cccnc1OCC(F)(F)C(=O)N[C@H]1CCNC[C@@H]1F. The lowest BCUT2D eigenvalue weighted by Crippen LogP contribution is -2.55. The molecule has 1 aliphatic heterocycles. The molecular formula is C14H18F3N3O2. The van der Waals surface area contributed by atoms with E-state index in [1.54, 1.807) is 19.1 Å². The van der Waals surface area contributed by atoms with Crippen LogP contribution in [0.1, 0.15) is 12.0 Å². The lowest BCUT2D eigenvalue weighted by molar-refractivity contribution is -0.151. The zero-order chi connectivity index (χ0) is 16.2. The molecule has 0 bridgehead atoms. The third kappa shape index (κ3) is 4.09. The molecule has 5 nitrogen and oxygen atoms in total. The Morgan fingerprint density at radius 1 is 1.59 bits per heavy atom. The van der Waals surface area contributed by atoms with Crippen LogP contribution >= 0.6 is 0 Å². The van der Waals surface area contributed by atoms with Gasteiger partial charge in [-0.2, -0.15) is 8.78 Å². The van der Waals surface area contributed by atoms with Gasteiger partial charge >= 0.3 is 5.92 Å². The van der Waals surface area contributed by atoms with Crippen molar-refractivity contribution < 1.29 is 22.7 Å². The molecule has 0 spiro atoms. The highest BCUT2D eigenvalue weighted by molar-refractivity contribution is 5.83. The molecule has 2 rings (SSSR count). The molecule has 0 unspecified atom stereocenters. The fourth-order valence-electron chi connectivity index (χ4n) is 2.10. The van der Waals surface area contributed by atoms with E-state index in [9.17, 15) is 18.0 Å². The molecule has 122 valence electrons. The van der Waals surface area contributed by atoms with E-state index in [0.29, 0.717) is 12.1 Å². The number of nitrogens with one attached hydrogen (secondary N) is 2. The Balaban J connectivity index is 1.91. The molecular weight excluding hydrogens is 299 g/mol. The van der Waals surface area contributed by atoms with Gasteiger partial charge in [-0.3, -0.25) is 4.79 Å². The van der Waals surface area contributed by atoms with E-state index >= 15 is 0 Å². The number of carbonyl (C=O) groups is 1. The number of aryl methyl sites for hydroxylation is 1. The van der Waals surface area contributed by atoms with Crippen molar-refractivity contribution in [3.05, 3.63) is 23.9 Å². The summed E-state index contributed by atoms with van der Waals surface area (Å²) in [6.45, 7) is 1.03. The van der Waals surface area contributed by atoms with Gasteiger partial charge in [0.15, 0.2) is 6.61 Å². The molecule has 0 aliphatic carbocycles. The van der Waals surface area contributed by atoms with Crippen molar-refractivity contribution in [2.75, 3.05) is 19.7 Å². The molecule has 22 heavy (non-hydrogen) atoms. The van der Waals surface area contributed by atoms with Crippen LogP contribution in [0.3, 0.4) is 0 Å². The summed E-state index contributed by atoms with van der Waals surface area (Å²) in [6.07, 6.45) is 0.291. The van der Waals surface area contributed by atoms with Crippen LogP contribution in [0.5, 0.6) is 5.88 Å².